The highest BCUT2D eigenvalue weighted by Crippen LogP contribution is 2.29. The van der Waals surface area contributed by atoms with Crippen LogP contribution in [0, 0.1) is 0 Å². The van der Waals surface area contributed by atoms with E-state index in [-0.39, 0.29) is 6.61 Å². The molecule has 0 aliphatic carbocycles. The fourth-order valence-electron chi connectivity index (χ4n) is 2.46. The number of hydrogen-bond acceptors (Lipinski definition) is 11. The summed E-state index contributed by atoms with van der Waals surface area (Å²) in [5.41, 5.74) is 0. The maximum atomic E-state index is 11.5. The van der Waals surface area contributed by atoms with Gasteiger partial charge in [0.25, 0.3) is 0 Å². The predicted molar refractivity (Wildman–Crippen MR) is 84.0 cm³/mol. The summed E-state index contributed by atoms with van der Waals surface area (Å²) in [7, 11) is 0. The van der Waals surface area contributed by atoms with E-state index in [1.54, 1.807) is 0 Å². The summed E-state index contributed by atoms with van der Waals surface area (Å²) in [4.78, 5) is 56.3. The van der Waals surface area contributed by atoms with Gasteiger partial charge in [0.1, 0.15) is 25.6 Å². The van der Waals surface area contributed by atoms with Gasteiger partial charge in [-0.3, -0.25) is 19.2 Å². The minimum atomic E-state index is -1.34. The van der Waals surface area contributed by atoms with Gasteiger partial charge in [0.2, 0.25) is 0 Å². The van der Waals surface area contributed by atoms with Crippen molar-refractivity contribution in [2.24, 2.45) is 0 Å². The van der Waals surface area contributed by atoms with Crippen molar-refractivity contribution in [3.63, 3.8) is 0 Å². The Hall–Kier alpha value is -2.53. The van der Waals surface area contributed by atoms with Gasteiger partial charge < -0.3 is 33.2 Å². The van der Waals surface area contributed by atoms with Crippen LogP contribution in [-0.2, 0) is 52.4 Å². The van der Waals surface area contributed by atoms with Crippen LogP contribution in [0.4, 0.5) is 0 Å². The van der Waals surface area contributed by atoms with Crippen LogP contribution in [0.25, 0.3) is 0 Å². The molecule has 0 amide bonds. The van der Waals surface area contributed by atoms with Crippen LogP contribution < -0.4 is 0 Å². The quantitative estimate of drug-likeness (QED) is 0.295. The molecule has 152 valence electrons. The minimum Gasteiger partial charge on any atom is -0.463 e. The molecule has 0 radical (unpaired) electrons. The smallest absolute Gasteiger partial charge is 0.303 e. The normalized spacial score (nSPS) is 27.2. The van der Waals surface area contributed by atoms with Gasteiger partial charge in [-0.1, -0.05) is 0 Å². The molecule has 0 bridgehead atoms. The minimum absolute atomic E-state index is 0.362. The van der Waals surface area contributed by atoms with Crippen LogP contribution >= 0.6 is 0 Å². The van der Waals surface area contributed by atoms with Gasteiger partial charge in [-0.05, 0) is 0 Å². The Morgan fingerprint density at radius 2 is 1.33 bits per heavy atom. The summed E-state index contributed by atoms with van der Waals surface area (Å²) in [6.45, 7) is 3.71. The molecule has 11 nitrogen and oxygen atoms in total. The van der Waals surface area contributed by atoms with Crippen molar-refractivity contribution in [3.05, 3.63) is 0 Å². The zero-order chi connectivity index (χ0) is 20.6. The first-order valence-electron chi connectivity index (χ1n) is 8.01. The summed E-state index contributed by atoms with van der Waals surface area (Å²) in [6.07, 6.45) is -5.91. The lowest BCUT2D eigenvalue weighted by Gasteiger charge is -2.43. The van der Waals surface area contributed by atoms with E-state index < -0.39 is 61.2 Å². The van der Waals surface area contributed by atoms with E-state index in [1.807, 2.05) is 0 Å². The van der Waals surface area contributed by atoms with Crippen LogP contribution in [0.5, 0.6) is 0 Å². The van der Waals surface area contributed by atoms with Crippen LogP contribution in [0.2, 0.25) is 0 Å². The van der Waals surface area contributed by atoms with Gasteiger partial charge in [0, 0.05) is 27.7 Å². The van der Waals surface area contributed by atoms with Gasteiger partial charge in [-0.25, -0.2) is 0 Å². The second-order valence-electron chi connectivity index (χ2n) is 5.57. The number of carbonyl (C=O) groups excluding carboxylic acids is 5. The van der Waals surface area contributed by atoms with E-state index in [0.717, 1.165) is 27.7 Å². The standard InChI is InChI=1S/C16H22O11/c1-8(18)23-7-12-13(24-9(2)19)14(25-10(3)20)15(26-11(4)21)16(27-12)22-6-5-17/h5,12-16H,6-7H2,1-4H3/t12-,13-,14?,15-,16-/m1/s1. The highest BCUT2D eigenvalue weighted by molar-refractivity contribution is 5.68. The number of aldehydes is 1. The first kappa shape index (κ1) is 22.5. The molecule has 1 rings (SSSR count). The van der Waals surface area contributed by atoms with Crippen molar-refractivity contribution in [2.45, 2.75) is 58.4 Å². The van der Waals surface area contributed by atoms with Crippen LogP contribution in [0.1, 0.15) is 27.7 Å². The first-order valence-corrected chi connectivity index (χ1v) is 8.01. The summed E-state index contributed by atoms with van der Waals surface area (Å²) < 4.78 is 31.1. The molecule has 1 heterocycles. The van der Waals surface area contributed by atoms with Crippen molar-refractivity contribution >= 4 is 30.2 Å². The molecule has 0 aromatic heterocycles. The second-order valence-corrected chi connectivity index (χ2v) is 5.57. The van der Waals surface area contributed by atoms with E-state index in [4.69, 9.17) is 28.4 Å². The fraction of sp³-hybridized carbons (Fsp3) is 0.688. The summed E-state index contributed by atoms with van der Waals surface area (Å²) in [5, 5.41) is 0. The predicted octanol–water partition coefficient (Wildman–Crippen LogP) is -0.715. The molecular formula is C16H22O11. The van der Waals surface area contributed by atoms with E-state index in [2.05, 4.69) is 0 Å². The van der Waals surface area contributed by atoms with Gasteiger partial charge in [-0.2, -0.15) is 0 Å². The Morgan fingerprint density at radius 3 is 1.81 bits per heavy atom. The monoisotopic (exact) mass is 390 g/mol. The summed E-state index contributed by atoms with van der Waals surface area (Å²) in [5.74, 6) is -2.86. The van der Waals surface area contributed by atoms with E-state index in [0.29, 0.717) is 6.29 Å². The zero-order valence-electron chi connectivity index (χ0n) is 15.4. The van der Waals surface area contributed by atoms with Crippen molar-refractivity contribution in [3.8, 4) is 0 Å². The molecule has 11 heteroatoms. The number of hydrogen-bond donors (Lipinski definition) is 0. The lowest BCUT2D eigenvalue weighted by atomic mass is 9.98. The van der Waals surface area contributed by atoms with Crippen LogP contribution in [0.15, 0.2) is 0 Å². The fourth-order valence-corrected chi connectivity index (χ4v) is 2.46. The largest absolute Gasteiger partial charge is 0.463 e. The Labute approximate surface area is 155 Å². The molecule has 1 aliphatic rings. The number of esters is 4. The molecule has 0 saturated carbocycles. The Balaban J connectivity index is 3.24. The van der Waals surface area contributed by atoms with Gasteiger partial charge >= 0.3 is 23.9 Å². The lowest BCUT2D eigenvalue weighted by Crippen LogP contribution is -2.63. The van der Waals surface area contributed by atoms with Crippen molar-refractivity contribution < 1.29 is 52.4 Å². The summed E-state index contributed by atoms with van der Waals surface area (Å²) in [6, 6.07) is 0. The Kier molecular flexibility index (Phi) is 8.82. The third kappa shape index (κ3) is 7.31. The average Bonchev–Trinajstić information content (AvgIpc) is 2.54. The van der Waals surface area contributed by atoms with Crippen molar-refractivity contribution in [2.75, 3.05) is 13.2 Å². The molecule has 0 spiro atoms. The molecule has 1 fully saturated rings. The van der Waals surface area contributed by atoms with Gasteiger partial charge in [0.05, 0.1) is 0 Å². The van der Waals surface area contributed by atoms with Crippen LogP contribution in [0.3, 0.4) is 0 Å². The average molecular weight is 390 g/mol. The van der Waals surface area contributed by atoms with E-state index >= 15 is 0 Å². The molecule has 5 atom stereocenters. The van der Waals surface area contributed by atoms with E-state index in [1.165, 1.54) is 0 Å². The molecule has 0 aromatic carbocycles. The maximum absolute atomic E-state index is 11.5. The second kappa shape index (κ2) is 10.6. The Bertz CT molecular complexity index is 573. The number of ether oxygens (including phenoxy) is 6. The molecule has 1 aliphatic heterocycles. The third-order valence-corrected chi connectivity index (χ3v) is 3.28. The van der Waals surface area contributed by atoms with Gasteiger partial charge in [0.15, 0.2) is 24.6 Å². The maximum Gasteiger partial charge on any atom is 0.303 e. The van der Waals surface area contributed by atoms with Crippen LogP contribution in [-0.4, -0.2) is 74.1 Å². The SMILES string of the molecule is CC(=O)OC[C@H]1O[C@@H](OCC=O)[C@H](OC(C)=O)C(OC(C)=O)[C@@H]1OC(C)=O. The number of carbonyl (C=O) groups is 5. The highest BCUT2D eigenvalue weighted by Gasteiger charge is 2.52. The zero-order valence-corrected chi connectivity index (χ0v) is 15.4. The van der Waals surface area contributed by atoms with Crippen molar-refractivity contribution in [1.29, 1.82) is 0 Å². The summed E-state index contributed by atoms with van der Waals surface area (Å²) >= 11 is 0. The number of rotatable bonds is 8. The topological polar surface area (TPSA) is 141 Å². The van der Waals surface area contributed by atoms with Crippen molar-refractivity contribution in [1.82, 2.24) is 0 Å². The van der Waals surface area contributed by atoms with E-state index in [9.17, 15) is 24.0 Å². The third-order valence-electron chi connectivity index (χ3n) is 3.28. The molecule has 1 saturated heterocycles. The lowest BCUT2D eigenvalue weighted by molar-refractivity contribution is -0.305. The highest BCUT2D eigenvalue weighted by atomic mass is 16.7. The van der Waals surface area contributed by atoms with Gasteiger partial charge in [-0.15, -0.1) is 0 Å². The molecule has 1 unspecified atom stereocenters. The Morgan fingerprint density at radius 1 is 0.815 bits per heavy atom. The first-order chi connectivity index (χ1) is 12.6. The molecular weight excluding hydrogens is 368 g/mol. The molecule has 0 N–H and O–H groups in total. The molecule has 27 heavy (non-hydrogen) atoms. The molecule has 0 aromatic rings.